The number of hydrogen-bond acceptors (Lipinski definition) is 36. The number of ether oxygens (including phenoxy) is 12. The van der Waals surface area contributed by atoms with E-state index in [9.17, 15) is 57.5 Å². The lowest BCUT2D eigenvalue weighted by Crippen LogP contribution is -2.44. The van der Waals surface area contributed by atoms with Crippen LogP contribution in [0.4, 0.5) is 0 Å². The van der Waals surface area contributed by atoms with Crippen molar-refractivity contribution in [3.63, 3.8) is 0 Å². The van der Waals surface area contributed by atoms with Crippen molar-refractivity contribution >= 4 is 142 Å². The molecular weight excluding hydrogens is 1480 g/mol. The normalized spacial score (nSPS) is 12.9. The van der Waals surface area contributed by atoms with Crippen LogP contribution < -0.4 is 5.32 Å². The summed E-state index contributed by atoms with van der Waals surface area (Å²) < 4.78 is 64.2. The summed E-state index contributed by atoms with van der Waals surface area (Å²) in [6.07, 6.45) is 8.82. The molecule has 0 aromatic rings. The molecule has 0 radical (unpaired) electrons. The number of carbonyl (C=O) groups excluding carboxylic acids is 12. The molecule has 0 aromatic heterocycles. The van der Waals surface area contributed by atoms with Crippen molar-refractivity contribution in [3.05, 3.63) is 0 Å². The van der Waals surface area contributed by atoms with Gasteiger partial charge in [-0.1, -0.05) is 41.5 Å². The van der Waals surface area contributed by atoms with E-state index in [0.29, 0.717) is 54.9 Å². The number of esters is 12. The lowest BCUT2D eigenvalue weighted by Gasteiger charge is -2.31. The van der Waals surface area contributed by atoms with Crippen molar-refractivity contribution in [1.82, 2.24) is 24.9 Å². The maximum absolute atomic E-state index is 13.4. The summed E-state index contributed by atoms with van der Waals surface area (Å²) in [6.45, 7) is 11.7. The third kappa shape index (κ3) is 54.6. The van der Waals surface area contributed by atoms with E-state index >= 15 is 0 Å². The second-order valence-corrected chi connectivity index (χ2v) is 29.4. The average Bonchev–Trinajstić information content (AvgIpc) is 1.05. The maximum atomic E-state index is 13.4. The van der Waals surface area contributed by atoms with Gasteiger partial charge in [-0.2, -0.15) is 64.1 Å². The van der Waals surface area contributed by atoms with E-state index in [2.05, 4.69) is 5.32 Å². The van der Waals surface area contributed by atoms with Gasteiger partial charge in [0.1, 0.15) is 84.7 Å². The van der Waals surface area contributed by atoms with Gasteiger partial charge < -0.3 is 81.8 Å². The number of thiocyanates is 1. The van der Waals surface area contributed by atoms with Crippen molar-refractivity contribution in [1.29, 1.82) is 5.26 Å². The Labute approximate surface area is 640 Å². The number of thioether (sulfide) groups is 6. The number of carbonyl (C=O) groups is 12. The molecule has 0 aliphatic rings. The zero-order valence-corrected chi connectivity index (χ0v) is 67.7. The van der Waals surface area contributed by atoms with Crippen LogP contribution in [0, 0.1) is 46.2 Å². The van der Waals surface area contributed by atoms with Crippen LogP contribution in [0.25, 0.3) is 0 Å². The van der Waals surface area contributed by atoms with Crippen molar-refractivity contribution in [2.75, 3.05) is 237 Å². The van der Waals surface area contributed by atoms with E-state index in [-0.39, 0.29) is 225 Å². The molecule has 6 atom stereocenters. The Morgan fingerprint density at radius 3 is 0.692 bits per heavy atom. The van der Waals surface area contributed by atoms with Crippen LogP contribution in [0.3, 0.4) is 0 Å². The van der Waals surface area contributed by atoms with E-state index in [4.69, 9.17) is 62.1 Å². The molecule has 0 aliphatic carbocycles. The van der Waals surface area contributed by atoms with Crippen LogP contribution in [0.5, 0.6) is 0 Å². The first kappa shape index (κ1) is 99.0. The Hall–Kier alpha value is -4.97. The predicted molar refractivity (Wildman–Crippen MR) is 403 cm³/mol. The Kier molecular flexibility index (Phi) is 62.0. The molecule has 36 heteroatoms. The van der Waals surface area contributed by atoms with Gasteiger partial charge in [0.25, 0.3) is 0 Å². The highest BCUT2D eigenvalue weighted by molar-refractivity contribution is 8.03. The number of nitriles is 1. The van der Waals surface area contributed by atoms with Gasteiger partial charge in [0, 0.05) is 126 Å². The Morgan fingerprint density at radius 2 is 0.471 bits per heavy atom. The SMILES string of the molecule is CSCC(C)C(=O)OCCOC(=O)CCNCCN(CCC(=O)OCCOC(=O)C(C)CSC)CCN(CCC(=O)OCCOC(=O)C(C)CSC)CCN(CCC(=O)OCCOC(=O)C(C)CSC)CCN(CCC(=O)OCCOC(=O)C(C)CSC)CCC(=O)OCCOC(=O)C(C)CSC#N. The van der Waals surface area contributed by atoms with E-state index in [0.717, 1.165) is 11.8 Å². The molecule has 6 unspecified atom stereocenters. The highest BCUT2D eigenvalue weighted by Crippen LogP contribution is 2.13. The minimum absolute atomic E-state index is 0.00937. The van der Waals surface area contributed by atoms with Crippen molar-refractivity contribution in [2.24, 2.45) is 35.5 Å². The molecule has 0 aromatic carbocycles. The minimum atomic E-state index is -0.625. The van der Waals surface area contributed by atoms with Gasteiger partial charge in [0.05, 0.1) is 74.0 Å². The summed E-state index contributed by atoms with van der Waals surface area (Å²) in [4.78, 5) is 161. The molecule has 0 heterocycles. The number of nitrogens with one attached hydrogen (secondary N) is 1. The van der Waals surface area contributed by atoms with Crippen LogP contribution in [0.2, 0.25) is 0 Å². The molecule has 0 saturated carbocycles. The summed E-state index contributed by atoms with van der Waals surface area (Å²) in [6, 6.07) is 0. The first-order chi connectivity index (χ1) is 49.8. The minimum Gasteiger partial charge on any atom is -0.462 e. The van der Waals surface area contributed by atoms with Crippen LogP contribution >= 0.6 is 70.6 Å². The number of rotatable bonds is 66. The fraction of sp³-hybridized carbons (Fsp3) is 0.809. The third-order valence-corrected chi connectivity index (χ3v) is 19.9. The lowest BCUT2D eigenvalue weighted by molar-refractivity contribution is -0.154. The van der Waals surface area contributed by atoms with E-state index in [1.54, 1.807) is 41.5 Å². The molecule has 0 saturated heterocycles. The molecule has 0 aliphatic heterocycles. The molecule has 0 spiro atoms. The molecule has 0 amide bonds. The number of nitrogens with zero attached hydrogens (tertiary/aromatic N) is 5. The van der Waals surface area contributed by atoms with Gasteiger partial charge in [-0.3, -0.25) is 57.5 Å². The molecule has 104 heavy (non-hydrogen) atoms. The summed E-state index contributed by atoms with van der Waals surface area (Å²) >= 11 is 8.42. The second kappa shape index (κ2) is 65.1. The second-order valence-electron chi connectivity index (χ2n) is 24.0. The quantitative estimate of drug-likeness (QED) is 0.0379. The molecule has 0 bridgehead atoms. The average molecular weight is 1590 g/mol. The highest BCUT2D eigenvalue weighted by atomic mass is 32.2. The van der Waals surface area contributed by atoms with Crippen LogP contribution in [-0.2, 0) is 114 Å². The fourth-order valence-electron chi connectivity index (χ4n) is 8.88. The predicted octanol–water partition coefficient (Wildman–Crippen LogP) is 4.49. The Balaban J connectivity index is 7.05. The van der Waals surface area contributed by atoms with Gasteiger partial charge in [-0.05, 0) is 43.0 Å². The Bertz CT molecular complexity index is 2520. The Morgan fingerprint density at radius 1 is 0.279 bits per heavy atom. The van der Waals surface area contributed by atoms with Gasteiger partial charge in [0.15, 0.2) is 0 Å². The topological polar surface area (TPSA) is 364 Å². The lowest BCUT2D eigenvalue weighted by atomic mass is 10.2. The summed E-state index contributed by atoms with van der Waals surface area (Å²) in [5.74, 6) is -5.28. The van der Waals surface area contributed by atoms with Crippen molar-refractivity contribution in [2.45, 2.75) is 80.1 Å². The van der Waals surface area contributed by atoms with Crippen molar-refractivity contribution < 1.29 is 114 Å². The monoisotopic (exact) mass is 1590 g/mol. The van der Waals surface area contributed by atoms with Crippen molar-refractivity contribution in [3.8, 4) is 5.40 Å². The van der Waals surface area contributed by atoms with Crippen LogP contribution in [0.15, 0.2) is 0 Å². The van der Waals surface area contributed by atoms with Gasteiger partial charge in [-0.15, -0.1) is 0 Å². The smallest absolute Gasteiger partial charge is 0.309 e. The fourth-order valence-corrected chi connectivity index (χ4v) is 12.5. The molecule has 1 N–H and O–H groups in total. The molecule has 30 nitrogen and oxygen atoms in total. The summed E-state index contributed by atoms with van der Waals surface area (Å²) in [5.41, 5.74) is 0. The van der Waals surface area contributed by atoms with E-state index in [1.807, 2.05) is 56.3 Å². The standard InChI is InChI=1S/C68H116N6O24S6/c1-51(44-99-7)63(81)93-38-32-87-57(75)12-18-70-19-25-72(22-15-60(78)90-34-40-95-65(83)53(3)46-101-9)27-29-74(24-17-62(80)92-36-42-97-67(85)55(5)48-103-11)31-30-73(23-16-61(79)91-35-41-96-66(84)54(4)47-102-10)28-26-71(20-13-58(76)88-33-39-94-64(82)52(2)45-100-8)21-14-59(77)89-37-43-98-68(86)56(6)49-104-50-69/h51-56,70H,12-49H2,1-11H3. The van der Waals surface area contributed by atoms with Gasteiger partial charge in [-0.25, -0.2) is 0 Å². The third-order valence-electron chi connectivity index (χ3n) is 14.9. The van der Waals surface area contributed by atoms with Crippen LogP contribution in [-0.4, -0.2) is 328 Å². The first-order valence-corrected chi connectivity index (χ1v) is 42.8. The zero-order valence-electron chi connectivity index (χ0n) is 62.8. The summed E-state index contributed by atoms with van der Waals surface area (Å²) in [5, 5.41) is 14.0. The zero-order chi connectivity index (χ0) is 77.7. The molecule has 598 valence electrons. The van der Waals surface area contributed by atoms with Crippen LogP contribution in [0.1, 0.15) is 80.1 Å². The first-order valence-electron chi connectivity index (χ1n) is 34.8. The molecule has 0 fully saturated rings. The van der Waals surface area contributed by atoms with Gasteiger partial charge >= 0.3 is 71.6 Å². The van der Waals surface area contributed by atoms with E-state index < -0.39 is 71.6 Å². The maximum Gasteiger partial charge on any atom is 0.309 e. The largest absolute Gasteiger partial charge is 0.462 e. The highest BCUT2D eigenvalue weighted by Gasteiger charge is 2.23. The van der Waals surface area contributed by atoms with E-state index in [1.165, 1.54) is 58.8 Å². The van der Waals surface area contributed by atoms with Gasteiger partial charge in [0.2, 0.25) is 0 Å². The molecule has 0 rings (SSSR count). The summed E-state index contributed by atoms with van der Waals surface area (Å²) in [7, 11) is 0. The number of hydrogen-bond donors (Lipinski definition) is 1. The molecular formula is C68H116N6O24S6.